The van der Waals surface area contributed by atoms with E-state index in [2.05, 4.69) is 20.5 Å². The van der Waals surface area contributed by atoms with Gasteiger partial charge >= 0.3 is 0 Å². The molecule has 2 heterocycles. The number of nitrogens with zero attached hydrogens (tertiary/aromatic N) is 3. The van der Waals surface area contributed by atoms with Crippen LogP contribution in [-0.4, -0.2) is 27.6 Å². The number of nitrogens with two attached hydrogens (primary N) is 1. The highest BCUT2D eigenvalue weighted by atomic mass is 16.1. The highest BCUT2D eigenvalue weighted by molar-refractivity contribution is 5.90. The first-order valence-electron chi connectivity index (χ1n) is 5.53. The second-order valence-corrected chi connectivity index (χ2v) is 3.67. The fraction of sp³-hybridized carbons (Fsp3) is 0.167. The third kappa shape index (κ3) is 3.24. The van der Waals surface area contributed by atoms with Crippen LogP contribution < -0.4 is 11.1 Å². The van der Waals surface area contributed by atoms with E-state index in [9.17, 15) is 4.79 Å². The Morgan fingerprint density at radius 2 is 2.11 bits per heavy atom. The van der Waals surface area contributed by atoms with E-state index in [0.29, 0.717) is 12.4 Å². The van der Waals surface area contributed by atoms with Crippen molar-refractivity contribution in [2.45, 2.75) is 6.42 Å². The maximum atomic E-state index is 10.8. The molecule has 0 aromatic carbocycles. The van der Waals surface area contributed by atoms with Crippen molar-refractivity contribution in [2.75, 3.05) is 11.9 Å². The summed E-state index contributed by atoms with van der Waals surface area (Å²) in [4.78, 5) is 15.0. The van der Waals surface area contributed by atoms with Crippen LogP contribution in [0.1, 0.15) is 16.2 Å². The van der Waals surface area contributed by atoms with Crippen LogP contribution in [0.5, 0.6) is 0 Å². The van der Waals surface area contributed by atoms with Crippen LogP contribution in [-0.2, 0) is 6.42 Å². The molecule has 0 fully saturated rings. The van der Waals surface area contributed by atoms with E-state index in [0.717, 1.165) is 12.1 Å². The molecule has 0 spiro atoms. The Kier molecular flexibility index (Phi) is 3.80. The number of hydrogen-bond acceptors (Lipinski definition) is 5. The van der Waals surface area contributed by atoms with Crippen molar-refractivity contribution < 1.29 is 4.79 Å². The Morgan fingerprint density at radius 3 is 2.72 bits per heavy atom. The average Bonchev–Trinajstić information content (AvgIpc) is 2.40. The number of aromatic nitrogens is 3. The van der Waals surface area contributed by atoms with Gasteiger partial charge in [-0.15, -0.1) is 10.2 Å². The summed E-state index contributed by atoms with van der Waals surface area (Å²) in [5.41, 5.74) is 6.23. The first-order chi connectivity index (χ1) is 8.75. The van der Waals surface area contributed by atoms with E-state index in [1.54, 1.807) is 18.3 Å². The third-order valence-electron chi connectivity index (χ3n) is 2.33. The molecule has 0 aliphatic heterocycles. The van der Waals surface area contributed by atoms with E-state index >= 15 is 0 Å². The Bertz CT molecular complexity index is 512. The minimum absolute atomic E-state index is 0.158. The largest absolute Gasteiger partial charge is 0.368 e. The summed E-state index contributed by atoms with van der Waals surface area (Å²) in [6.45, 7) is 0.696. The van der Waals surface area contributed by atoms with Crippen LogP contribution in [0.2, 0.25) is 0 Å². The lowest BCUT2D eigenvalue weighted by Gasteiger charge is -2.04. The molecule has 0 saturated heterocycles. The smallest absolute Gasteiger partial charge is 0.269 e. The van der Waals surface area contributed by atoms with Gasteiger partial charge in [-0.1, -0.05) is 6.07 Å². The highest BCUT2D eigenvalue weighted by Crippen LogP contribution is 2.02. The molecule has 0 aliphatic rings. The monoisotopic (exact) mass is 243 g/mol. The molecular formula is C12H13N5O. The molecule has 3 N–H and O–H groups in total. The maximum Gasteiger partial charge on any atom is 0.269 e. The fourth-order valence-electron chi connectivity index (χ4n) is 1.42. The van der Waals surface area contributed by atoms with Gasteiger partial charge in [0.1, 0.15) is 5.82 Å². The number of nitrogens with one attached hydrogen (secondary N) is 1. The molecule has 0 saturated carbocycles. The summed E-state index contributed by atoms with van der Waals surface area (Å²) in [6, 6.07) is 9.00. The summed E-state index contributed by atoms with van der Waals surface area (Å²) in [5, 5.41) is 10.6. The van der Waals surface area contributed by atoms with Crippen LogP contribution in [0.25, 0.3) is 0 Å². The van der Waals surface area contributed by atoms with Crippen molar-refractivity contribution >= 4 is 11.7 Å². The van der Waals surface area contributed by atoms with Gasteiger partial charge in [0.2, 0.25) is 0 Å². The number of rotatable bonds is 5. The molecule has 6 heteroatoms. The number of carbonyl (C=O) groups is 1. The molecule has 0 unspecified atom stereocenters. The third-order valence-corrected chi connectivity index (χ3v) is 2.33. The van der Waals surface area contributed by atoms with Crippen LogP contribution in [0, 0.1) is 0 Å². The van der Waals surface area contributed by atoms with Gasteiger partial charge in [-0.05, 0) is 24.3 Å². The predicted octanol–water partition coefficient (Wildman–Crippen LogP) is 0.625. The quantitative estimate of drug-likeness (QED) is 0.803. The zero-order chi connectivity index (χ0) is 12.8. The van der Waals surface area contributed by atoms with Crippen molar-refractivity contribution in [1.29, 1.82) is 0 Å². The van der Waals surface area contributed by atoms with Crippen molar-refractivity contribution in [3.05, 3.63) is 47.9 Å². The minimum atomic E-state index is -0.581. The number of pyridine rings is 1. The summed E-state index contributed by atoms with van der Waals surface area (Å²) < 4.78 is 0. The van der Waals surface area contributed by atoms with Gasteiger partial charge in [0.15, 0.2) is 5.69 Å². The van der Waals surface area contributed by atoms with Crippen LogP contribution in [0.15, 0.2) is 36.5 Å². The molecule has 0 aliphatic carbocycles. The summed E-state index contributed by atoms with van der Waals surface area (Å²) >= 11 is 0. The SMILES string of the molecule is NC(=O)c1ccc(NCCc2ccccn2)nn1. The van der Waals surface area contributed by atoms with E-state index < -0.39 is 5.91 Å². The number of amides is 1. The van der Waals surface area contributed by atoms with Gasteiger partial charge in [0, 0.05) is 24.9 Å². The lowest BCUT2D eigenvalue weighted by Crippen LogP contribution is -2.14. The second-order valence-electron chi connectivity index (χ2n) is 3.67. The van der Waals surface area contributed by atoms with Gasteiger partial charge in [0.25, 0.3) is 5.91 Å². The summed E-state index contributed by atoms with van der Waals surface area (Å²) in [5.74, 6) is 0.0264. The minimum Gasteiger partial charge on any atom is -0.368 e. The average molecular weight is 243 g/mol. The van der Waals surface area contributed by atoms with E-state index in [-0.39, 0.29) is 5.69 Å². The zero-order valence-corrected chi connectivity index (χ0v) is 9.71. The van der Waals surface area contributed by atoms with Crippen molar-refractivity contribution in [1.82, 2.24) is 15.2 Å². The highest BCUT2D eigenvalue weighted by Gasteiger charge is 2.02. The zero-order valence-electron chi connectivity index (χ0n) is 9.71. The first kappa shape index (κ1) is 12.0. The molecule has 1 amide bonds. The predicted molar refractivity (Wildman–Crippen MR) is 67.0 cm³/mol. The molecule has 0 radical (unpaired) electrons. The van der Waals surface area contributed by atoms with Gasteiger partial charge in [0.05, 0.1) is 0 Å². The van der Waals surface area contributed by atoms with Gasteiger partial charge in [-0.25, -0.2) is 0 Å². The molecule has 2 aromatic rings. The topological polar surface area (TPSA) is 93.8 Å². The standard InChI is InChI=1S/C12H13N5O/c13-12(18)10-4-5-11(17-16-10)15-8-6-9-3-1-2-7-14-9/h1-5,7H,6,8H2,(H2,13,18)(H,15,17). The molecular weight excluding hydrogens is 230 g/mol. The molecule has 2 aromatic heterocycles. The number of hydrogen-bond donors (Lipinski definition) is 2. The number of primary amides is 1. The van der Waals surface area contributed by atoms with Gasteiger partial charge < -0.3 is 11.1 Å². The van der Waals surface area contributed by atoms with Crippen molar-refractivity contribution in [3.8, 4) is 0 Å². The van der Waals surface area contributed by atoms with Gasteiger partial charge in [-0.2, -0.15) is 0 Å². The first-order valence-corrected chi connectivity index (χ1v) is 5.53. The fourth-order valence-corrected chi connectivity index (χ4v) is 1.42. The number of carbonyl (C=O) groups excluding carboxylic acids is 1. The molecule has 0 atom stereocenters. The van der Waals surface area contributed by atoms with Crippen molar-refractivity contribution in [3.63, 3.8) is 0 Å². The lowest BCUT2D eigenvalue weighted by molar-refractivity contribution is 0.0994. The molecule has 0 bridgehead atoms. The molecule has 2 rings (SSSR count). The van der Waals surface area contributed by atoms with Gasteiger partial charge in [-0.3, -0.25) is 9.78 Å². The summed E-state index contributed by atoms with van der Waals surface area (Å²) in [6.07, 6.45) is 2.55. The molecule has 18 heavy (non-hydrogen) atoms. The normalized spacial score (nSPS) is 10.0. The van der Waals surface area contributed by atoms with Crippen molar-refractivity contribution in [2.24, 2.45) is 5.73 Å². The van der Waals surface area contributed by atoms with Crippen LogP contribution in [0.3, 0.4) is 0 Å². The second kappa shape index (κ2) is 5.72. The Balaban J connectivity index is 1.85. The van der Waals surface area contributed by atoms with Crippen LogP contribution >= 0.6 is 0 Å². The lowest BCUT2D eigenvalue weighted by atomic mass is 10.3. The number of anilines is 1. The molecule has 92 valence electrons. The van der Waals surface area contributed by atoms with E-state index in [4.69, 9.17) is 5.73 Å². The summed E-state index contributed by atoms with van der Waals surface area (Å²) in [7, 11) is 0. The Morgan fingerprint density at radius 1 is 1.22 bits per heavy atom. The van der Waals surface area contributed by atoms with E-state index in [1.165, 1.54) is 0 Å². The Labute approximate surface area is 104 Å². The molecule has 6 nitrogen and oxygen atoms in total. The maximum absolute atomic E-state index is 10.8. The Hall–Kier alpha value is -2.50. The van der Waals surface area contributed by atoms with E-state index in [1.807, 2.05) is 18.2 Å². The van der Waals surface area contributed by atoms with Crippen LogP contribution in [0.4, 0.5) is 5.82 Å².